The Hall–Kier alpha value is -1.36. The van der Waals surface area contributed by atoms with Crippen LogP contribution < -0.4 is 5.32 Å². The van der Waals surface area contributed by atoms with E-state index in [9.17, 15) is 17.6 Å². The number of hydrogen-bond acceptors (Lipinski definition) is 1. The Morgan fingerprint density at radius 1 is 1.32 bits per heavy atom. The van der Waals surface area contributed by atoms with Crippen molar-refractivity contribution in [3.8, 4) is 0 Å². The van der Waals surface area contributed by atoms with Gasteiger partial charge in [0.15, 0.2) is 0 Å². The Labute approximate surface area is 110 Å². The summed E-state index contributed by atoms with van der Waals surface area (Å²) in [5.41, 5.74) is 0.0783. The van der Waals surface area contributed by atoms with E-state index in [-0.39, 0.29) is 5.56 Å². The van der Waals surface area contributed by atoms with E-state index in [0.29, 0.717) is 6.54 Å². The fraction of sp³-hybridized carbons (Fsp3) is 0.429. The van der Waals surface area contributed by atoms with Crippen LogP contribution in [0.25, 0.3) is 0 Å². The summed E-state index contributed by atoms with van der Waals surface area (Å²) in [4.78, 5) is 0. The predicted molar refractivity (Wildman–Crippen MR) is 67.3 cm³/mol. The minimum Gasteiger partial charge on any atom is -0.307 e. The van der Waals surface area contributed by atoms with Gasteiger partial charge in [0.1, 0.15) is 5.82 Å². The molecule has 0 fully saturated rings. The molecule has 0 aliphatic heterocycles. The fourth-order valence-corrected chi connectivity index (χ4v) is 1.77. The van der Waals surface area contributed by atoms with Crippen molar-refractivity contribution in [2.24, 2.45) is 0 Å². The van der Waals surface area contributed by atoms with Crippen LogP contribution >= 0.6 is 0 Å². The highest BCUT2D eigenvalue weighted by Crippen LogP contribution is 2.32. The van der Waals surface area contributed by atoms with Gasteiger partial charge in [0.25, 0.3) is 0 Å². The van der Waals surface area contributed by atoms with Crippen molar-refractivity contribution >= 4 is 0 Å². The summed E-state index contributed by atoms with van der Waals surface area (Å²) in [5, 5.41) is 2.97. The predicted octanol–water partition coefficient (Wildman–Crippen LogP) is 4.46. The molecule has 0 aliphatic rings. The van der Waals surface area contributed by atoms with Crippen molar-refractivity contribution in [1.82, 2.24) is 5.32 Å². The number of alkyl halides is 3. The third-order valence-electron chi connectivity index (χ3n) is 2.58. The van der Waals surface area contributed by atoms with Crippen molar-refractivity contribution in [3.63, 3.8) is 0 Å². The van der Waals surface area contributed by atoms with Crippen LogP contribution in [-0.2, 0) is 6.18 Å². The van der Waals surface area contributed by atoms with Crippen LogP contribution in [0.15, 0.2) is 29.8 Å². The van der Waals surface area contributed by atoms with Crippen LogP contribution in [0.1, 0.15) is 37.9 Å². The number of hydrogen-bond donors (Lipinski definition) is 1. The van der Waals surface area contributed by atoms with Gasteiger partial charge in [0, 0.05) is 5.56 Å². The second-order valence-corrected chi connectivity index (χ2v) is 4.51. The minimum atomic E-state index is -4.47. The van der Waals surface area contributed by atoms with Gasteiger partial charge in [-0.1, -0.05) is 18.6 Å². The highest BCUT2D eigenvalue weighted by atomic mass is 19.4. The van der Waals surface area contributed by atoms with Gasteiger partial charge in [-0.2, -0.15) is 13.2 Å². The fourth-order valence-electron chi connectivity index (χ4n) is 1.77. The van der Waals surface area contributed by atoms with E-state index < -0.39 is 23.6 Å². The maximum Gasteiger partial charge on any atom is 0.416 e. The quantitative estimate of drug-likeness (QED) is 0.632. The molecule has 1 aromatic carbocycles. The molecule has 1 atom stereocenters. The van der Waals surface area contributed by atoms with E-state index in [0.717, 1.165) is 23.8 Å². The average Bonchev–Trinajstić information content (AvgIpc) is 2.27. The highest BCUT2D eigenvalue weighted by molar-refractivity contribution is 5.32. The molecule has 1 N–H and O–H groups in total. The smallest absolute Gasteiger partial charge is 0.307 e. The zero-order valence-corrected chi connectivity index (χ0v) is 11.1. The van der Waals surface area contributed by atoms with Crippen LogP contribution in [0.3, 0.4) is 0 Å². The summed E-state index contributed by atoms with van der Waals surface area (Å²) >= 11 is 0. The standard InChI is InChI=1S/C14H17F4N/c1-4-19-13(7-9(2)3)11-8-10(14(16,17)18)5-6-12(11)15/h5-8,13,19H,4H2,1-3H3. The second-order valence-electron chi connectivity index (χ2n) is 4.51. The molecule has 1 aromatic rings. The van der Waals surface area contributed by atoms with Crippen molar-refractivity contribution in [3.05, 3.63) is 46.8 Å². The molecular weight excluding hydrogens is 258 g/mol. The number of allylic oxidation sites excluding steroid dienone is 1. The summed E-state index contributed by atoms with van der Waals surface area (Å²) in [5.74, 6) is -0.642. The first kappa shape index (κ1) is 15.7. The number of likely N-dealkylation sites (N-methyl/N-ethyl adjacent to an activating group) is 1. The molecule has 1 rings (SSSR count). The maximum absolute atomic E-state index is 13.7. The molecule has 19 heavy (non-hydrogen) atoms. The number of nitrogens with one attached hydrogen (secondary N) is 1. The number of benzene rings is 1. The molecule has 0 spiro atoms. The average molecular weight is 275 g/mol. The Bertz CT molecular complexity index is 459. The van der Waals surface area contributed by atoms with Gasteiger partial charge in [-0.15, -0.1) is 0 Å². The van der Waals surface area contributed by atoms with Crippen molar-refractivity contribution in [2.45, 2.75) is 33.0 Å². The van der Waals surface area contributed by atoms with Gasteiger partial charge < -0.3 is 5.32 Å². The van der Waals surface area contributed by atoms with Crippen LogP contribution in [0, 0.1) is 5.82 Å². The molecule has 1 nitrogen and oxygen atoms in total. The number of halogens is 4. The van der Waals surface area contributed by atoms with Gasteiger partial charge >= 0.3 is 6.18 Å². The van der Waals surface area contributed by atoms with Gasteiger partial charge in [0.2, 0.25) is 0 Å². The summed E-state index contributed by atoms with van der Waals surface area (Å²) in [6.07, 6.45) is -2.76. The molecule has 0 amide bonds. The van der Waals surface area contributed by atoms with Gasteiger partial charge in [-0.3, -0.25) is 0 Å². The Balaban J connectivity index is 3.25. The molecule has 5 heteroatoms. The third-order valence-corrected chi connectivity index (χ3v) is 2.58. The molecule has 0 saturated carbocycles. The summed E-state index contributed by atoms with van der Waals surface area (Å²) in [6, 6.07) is 1.92. The van der Waals surface area contributed by atoms with Gasteiger partial charge in [-0.05, 0) is 38.6 Å². The summed E-state index contributed by atoms with van der Waals surface area (Å²) in [6.45, 7) is 5.98. The number of rotatable bonds is 4. The molecule has 106 valence electrons. The second kappa shape index (κ2) is 6.19. The molecule has 0 radical (unpaired) electrons. The first-order valence-corrected chi connectivity index (χ1v) is 6.00. The van der Waals surface area contributed by atoms with Crippen molar-refractivity contribution in [2.75, 3.05) is 6.54 Å². The summed E-state index contributed by atoms with van der Waals surface area (Å²) < 4.78 is 51.7. The van der Waals surface area contributed by atoms with E-state index in [1.54, 1.807) is 6.08 Å². The lowest BCUT2D eigenvalue weighted by molar-refractivity contribution is -0.137. The molecule has 0 bridgehead atoms. The monoisotopic (exact) mass is 275 g/mol. The van der Waals surface area contributed by atoms with Crippen LogP contribution in [-0.4, -0.2) is 6.54 Å². The topological polar surface area (TPSA) is 12.0 Å². The molecule has 0 heterocycles. The molecule has 1 unspecified atom stereocenters. The van der Waals surface area contributed by atoms with Crippen molar-refractivity contribution in [1.29, 1.82) is 0 Å². The molecular formula is C14H17F4N. The third kappa shape index (κ3) is 4.35. The first-order valence-electron chi connectivity index (χ1n) is 6.00. The maximum atomic E-state index is 13.7. The van der Waals surface area contributed by atoms with E-state index in [1.807, 2.05) is 20.8 Å². The van der Waals surface area contributed by atoms with Crippen LogP contribution in [0.2, 0.25) is 0 Å². The van der Waals surface area contributed by atoms with E-state index in [4.69, 9.17) is 0 Å². The highest BCUT2D eigenvalue weighted by Gasteiger charge is 2.31. The van der Waals surface area contributed by atoms with Crippen molar-refractivity contribution < 1.29 is 17.6 Å². The Kier molecular flexibility index (Phi) is 5.11. The SMILES string of the molecule is CCNC(C=C(C)C)c1cc(C(F)(F)F)ccc1F. The summed E-state index contributed by atoms with van der Waals surface area (Å²) in [7, 11) is 0. The molecule has 0 saturated heterocycles. The van der Waals surface area contributed by atoms with Gasteiger partial charge in [0.05, 0.1) is 11.6 Å². The van der Waals surface area contributed by atoms with E-state index in [1.165, 1.54) is 0 Å². The first-order chi connectivity index (χ1) is 8.75. The Morgan fingerprint density at radius 3 is 2.42 bits per heavy atom. The van der Waals surface area contributed by atoms with E-state index in [2.05, 4.69) is 5.32 Å². The van der Waals surface area contributed by atoms with Gasteiger partial charge in [-0.25, -0.2) is 4.39 Å². The minimum absolute atomic E-state index is 0.0119. The zero-order valence-electron chi connectivity index (χ0n) is 11.1. The molecule has 0 aliphatic carbocycles. The molecule has 0 aromatic heterocycles. The normalized spacial score (nSPS) is 13.2. The Morgan fingerprint density at radius 2 is 1.95 bits per heavy atom. The largest absolute Gasteiger partial charge is 0.416 e. The van der Waals surface area contributed by atoms with Crippen LogP contribution in [0.4, 0.5) is 17.6 Å². The lowest BCUT2D eigenvalue weighted by Crippen LogP contribution is -2.21. The van der Waals surface area contributed by atoms with Crippen LogP contribution in [0.5, 0.6) is 0 Å². The lowest BCUT2D eigenvalue weighted by atomic mass is 10.0. The van der Waals surface area contributed by atoms with E-state index >= 15 is 0 Å². The lowest BCUT2D eigenvalue weighted by Gasteiger charge is -2.18. The zero-order chi connectivity index (χ0) is 14.6.